The molecule has 1 aliphatic heterocycles. The quantitative estimate of drug-likeness (QED) is 0.811. The topological polar surface area (TPSA) is 58.6 Å². The Kier molecular flexibility index (Phi) is 4.45. The molecule has 2 fully saturated rings. The van der Waals surface area contributed by atoms with Gasteiger partial charge >= 0.3 is 0 Å². The smallest absolute Gasteiger partial charge is 0.249 e. The van der Waals surface area contributed by atoms with E-state index >= 15 is 0 Å². The fraction of sp³-hybridized carbons (Fsp3) is 0.857. The number of ether oxygens (including phenoxy) is 1. The van der Waals surface area contributed by atoms with Crippen molar-refractivity contribution in [2.75, 3.05) is 20.3 Å². The molecule has 0 aromatic heterocycles. The molecule has 2 amide bonds. The lowest BCUT2D eigenvalue weighted by Crippen LogP contribution is -2.69. The first-order valence-electron chi connectivity index (χ1n) is 7.26. The van der Waals surface area contributed by atoms with Gasteiger partial charge in [0.05, 0.1) is 6.61 Å². The van der Waals surface area contributed by atoms with Crippen molar-refractivity contribution in [3.8, 4) is 0 Å². The molecule has 1 saturated heterocycles. The summed E-state index contributed by atoms with van der Waals surface area (Å²) in [6.45, 7) is 3.02. The van der Waals surface area contributed by atoms with Gasteiger partial charge in [0.1, 0.15) is 11.6 Å². The number of methoxy groups -OCH3 is 1. The van der Waals surface area contributed by atoms with E-state index in [1.807, 2.05) is 6.92 Å². The van der Waals surface area contributed by atoms with Gasteiger partial charge in [0, 0.05) is 13.7 Å². The van der Waals surface area contributed by atoms with Crippen molar-refractivity contribution in [3.63, 3.8) is 0 Å². The van der Waals surface area contributed by atoms with Crippen LogP contribution in [0.2, 0.25) is 0 Å². The largest absolute Gasteiger partial charge is 0.383 e. The van der Waals surface area contributed by atoms with Crippen molar-refractivity contribution in [1.82, 2.24) is 10.2 Å². The molecule has 1 saturated carbocycles. The summed E-state index contributed by atoms with van der Waals surface area (Å²) in [6.07, 6.45) is 5.20. The van der Waals surface area contributed by atoms with Crippen LogP contribution in [0.4, 0.5) is 0 Å². The fourth-order valence-corrected chi connectivity index (χ4v) is 3.26. The number of carbonyl (C=O) groups is 2. The van der Waals surface area contributed by atoms with E-state index in [-0.39, 0.29) is 17.9 Å². The number of hydrogen-bond donors (Lipinski definition) is 1. The molecule has 19 heavy (non-hydrogen) atoms. The summed E-state index contributed by atoms with van der Waals surface area (Å²) in [4.78, 5) is 26.8. The second kappa shape index (κ2) is 5.90. The number of amides is 2. The van der Waals surface area contributed by atoms with Gasteiger partial charge in [0.25, 0.3) is 0 Å². The highest BCUT2D eigenvalue weighted by Crippen LogP contribution is 2.35. The van der Waals surface area contributed by atoms with Gasteiger partial charge in [-0.05, 0) is 19.3 Å². The van der Waals surface area contributed by atoms with Crippen LogP contribution in [0.1, 0.15) is 45.4 Å². The Morgan fingerprint density at radius 2 is 2.05 bits per heavy atom. The maximum Gasteiger partial charge on any atom is 0.249 e. The highest BCUT2D eigenvalue weighted by atomic mass is 16.5. The summed E-state index contributed by atoms with van der Waals surface area (Å²) >= 11 is 0. The number of nitrogens with one attached hydrogen (secondary N) is 1. The van der Waals surface area contributed by atoms with E-state index in [1.165, 1.54) is 0 Å². The standard InChI is InChI=1S/C14H24N2O3/c1-3-6-11-12(17)15-14(7-4-5-8-14)13(18)16(11)9-10-19-2/h11H,3-10H2,1-2H3,(H,15,17). The monoisotopic (exact) mass is 268 g/mol. The normalized spacial score (nSPS) is 26.0. The summed E-state index contributed by atoms with van der Waals surface area (Å²) < 4.78 is 5.08. The minimum absolute atomic E-state index is 0.0134. The number of hydrogen-bond acceptors (Lipinski definition) is 3. The Hall–Kier alpha value is -1.10. The van der Waals surface area contributed by atoms with E-state index in [1.54, 1.807) is 12.0 Å². The van der Waals surface area contributed by atoms with Gasteiger partial charge in [-0.3, -0.25) is 9.59 Å². The SMILES string of the molecule is CCCC1C(=O)NC2(CCCC2)C(=O)N1CCOC. The average molecular weight is 268 g/mol. The van der Waals surface area contributed by atoms with E-state index in [0.29, 0.717) is 13.2 Å². The van der Waals surface area contributed by atoms with Crippen LogP contribution in [0.15, 0.2) is 0 Å². The van der Waals surface area contributed by atoms with Gasteiger partial charge in [-0.25, -0.2) is 0 Å². The van der Waals surface area contributed by atoms with Crippen LogP contribution in [0.3, 0.4) is 0 Å². The Balaban J connectivity index is 2.20. The van der Waals surface area contributed by atoms with Gasteiger partial charge < -0.3 is 15.0 Å². The van der Waals surface area contributed by atoms with Crippen LogP contribution < -0.4 is 5.32 Å². The molecule has 0 radical (unpaired) electrons. The van der Waals surface area contributed by atoms with E-state index < -0.39 is 5.54 Å². The van der Waals surface area contributed by atoms with Gasteiger partial charge in [-0.2, -0.15) is 0 Å². The summed E-state index contributed by atoms with van der Waals surface area (Å²) in [7, 11) is 1.62. The molecule has 1 unspecified atom stereocenters. The predicted octanol–water partition coefficient (Wildman–Crippen LogP) is 1.07. The van der Waals surface area contributed by atoms with Gasteiger partial charge in [-0.15, -0.1) is 0 Å². The molecule has 108 valence electrons. The minimum atomic E-state index is -0.616. The molecule has 2 rings (SSSR count). The second-order valence-electron chi connectivity index (χ2n) is 5.57. The first kappa shape index (κ1) is 14.3. The molecule has 0 bridgehead atoms. The van der Waals surface area contributed by atoms with Gasteiger partial charge in [0.15, 0.2) is 0 Å². The number of piperazine rings is 1. The van der Waals surface area contributed by atoms with Crippen molar-refractivity contribution >= 4 is 11.8 Å². The molecule has 2 aliphatic rings. The molecule has 0 aromatic rings. The third kappa shape index (κ3) is 2.61. The Morgan fingerprint density at radius 3 is 2.63 bits per heavy atom. The molecule has 5 nitrogen and oxygen atoms in total. The van der Waals surface area contributed by atoms with E-state index in [4.69, 9.17) is 4.74 Å². The summed E-state index contributed by atoms with van der Waals surface area (Å²) in [5, 5.41) is 3.01. The average Bonchev–Trinajstić information content (AvgIpc) is 2.85. The zero-order valence-electron chi connectivity index (χ0n) is 11.9. The summed E-state index contributed by atoms with van der Waals surface area (Å²) in [5.74, 6) is 0.111. The molecule has 5 heteroatoms. The van der Waals surface area contributed by atoms with Crippen LogP contribution >= 0.6 is 0 Å². The maximum atomic E-state index is 12.7. The van der Waals surface area contributed by atoms with Gasteiger partial charge in [-0.1, -0.05) is 26.2 Å². The molecule has 1 heterocycles. The van der Waals surface area contributed by atoms with Crippen molar-refractivity contribution in [3.05, 3.63) is 0 Å². The second-order valence-corrected chi connectivity index (χ2v) is 5.57. The van der Waals surface area contributed by atoms with Gasteiger partial charge in [0.2, 0.25) is 11.8 Å². The molecule has 1 atom stereocenters. The lowest BCUT2D eigenvalue weighted by molar-refractivity contribution is -0.155. The van der Waals surface area contributed by atoms with E-state index in [2.05, 4.69) is 5.32 Å². The molecule has 0 aromatic carbocycles. The summed E-state index contributed by atoms with van der Waals surface area (Å²) in [5.41, 5.74) is -0.616. The van der Waals surface area contributed by atoms with Crippen molar-refractivity contribution in [1.29, 1.82) is 0 Å². The fourth-order valence-electron chi connectivity index (χ4n) is 3.26. The van der Waals surface area contributed by atoms with Crippen LogP contribution in [-0.2, 0) is 14.3 Å². The van der Waals surface area contributed by atoms with Crippen LogP contribution in [0.25, 0.3) is 0 Å². The predicted molar refractivity (Wildman–Crippen MR) is 71.6 cm³/mol. The molecule has 1 spiro atoms. The zero-order valence-corrected chi connectivity index (χ0v) is 11.9. The lowest BCUT2D eigenvalue weighted by Gasteiger charge is -2.44. The Morgan fingerprint density at radius 1 is 1.37 bits per heavy atom. The van der Waals surface area contributed by atoms with E-state index in [9.17, 15) is 9.59 Å². The molecule has 1 aliphatic carbocycles. The number of nitrogens with zero attached hydrogens (tertiary/aromatic N) is 1. The van der Waals surface area contributed by atoms with Crippen LogP contribution in [0, 0.1) is 0 Å². The number of rotatable bonds is 5. The maximum absolute atomic E-state index is 12.7. The zero-order chi connectivity index (χ0) is 13.9. The Bertz CT molecular complexity index is 351. The van der Waals surface area contributed by atoms with Crippen LogP contribution in [-0.4, -0.2) is 48.6 Å². The summed E-state index contributed by atoms with van der Waals surface area (Å²) in [6, 6.07) is -0.320. The lowest BCUT2D eigenvalue weighted by atomic mass is 9.89. The number of carbonyl (C=O) groups excluding carboxylic acids is 2. The Labute approximate surface area is 114 Å². The third-order valence-electron chi connectivity index (χ3n) is 4.27. The first-order chi connectivity index (χ1) is 9.14. The van der Waals surface area contributed by atoms with Crippen molar-refractivity contribution in [2.24, 2.45) is 0 Å². The van der Waals surface area contributed by atoms with Crippen molar-refractivity contribution in [2.45, 2.75) is 57.0 Å². The molecular formula is C14H24N2O3. The first-order valence-corrected chi connectivity index (χ1v) is 7.26. The molecular weight excluding hydrogens is 244 g/mol. The van der Waals surface area contributed by atoms with Crippen LogP contribution in [0.5, 0.6) is 0 Å². The van der Waals surface area contributed by atoms with Crippen molar-refractivity contribution < 1.29 is 14.3 Å². The minimum Gasteiger partial charge on any atom is -0.383 e. The highest BCUT2D eigenvalue weighted by Gasteiger charge is 2.51. The van der Waals surface area contributed by atoms with E-state index in [0.717, 1.165) is 38.5 Å². The third-order valence-corrected chi connectivity index (χ3v) is 4.27. The molecule has 1 N–H and O–H groups in total. The highest BCUT2D eigenvalue weighted by molar-refractivity contribution is 6.00.